The summed E-state index contributed by atoms with van der Waals surface area (Å²) in [5.41, 5.74) is 0. The quantitative estimate of drug-likeness (QED) is 0.824. The van der Waals surface area contributed by atoms with E-state index in [1.807, 2.05) is 0 Å². The van der Waals surface area contributed by atoms with E-state index in [4.69, 9.17) is 0 Å². The van der Waals surface area contributed by atoms with E-state index in [9.17, 15) is 18.0 Å². The van der Waals surface area contributed by atoms with E-state index in [2.05, 4.69) is 5.32 Å². The lowest BCUT2D eigenvalue weighted by molar-refractivity contribution is -0.149. The molecule has 0 aromatic rings. The monoisotopic (exact) mass is 250 g/mol. The molecule has 2 rings (SSSR count). The van der Waals surface area contributed by atoms with E-state index < -0.39 is 12.7 Å². The molecule has 1 heterocycles. The summed E-state index contributed by atoms with van der Waals surface area (Å²) in [6.45, 7) is -0.130. The van der Waals surface area contributed by atoms with Gasteiger partial charge in [0.05, 0.1) is 6.54 Å². The molecule has 0 aromatic carbocycles. The van der Waals surface area contributed by atoms with Crippen LogP contribution in [0.1, 0.15) is 25.7 Å². The van der Waals surface area contributed by atoms with Crippen molar-refractivity contribution in [3.63, 3.8) is 0 Å². The van der Waals surface area contributed by atoms with Gasteiger partial charge < -0.3 is 5.32 Å². The maximum Gasteiger partial charge on any atom is 0.401 e. The first kappa shape index (κ1) is 12.7. The van der Waals surface area contributed by atoms with E-state index in [0.29, 0.717) is 32.0 Å². The third-order valence-electron chi connectivity index (χ3n) is 3.28. The Morgan fingerprint density at radius 1 is 1.18 bits per heavy atom. The molecular weight excluding hydrogens is 233 g/mol. The highest BCUT2D eigenvalue weighted by molar-refractivity contribution is 5.79. The van der Waals surface area contributed by atoms with E-state index in [-0.39, 0.29) is 11.8 Å². The van der Waals surface area contributed by atoms with Crippen molar-refractivity contribution >= 4 is 5.91 Å². The van der Waals surface area contributed by atoms with Crippen molar-refractivity contribution < 1.29 is 18.0 Å². The number of alkyl halides is 3. The molecule has 1 saturated carbocycles. The van der Waals surface area contributed by atoms with E-state index >= 15 is 0 Å². The Labute approximate surface area is 98.3 Å². The maximum atomic E-state index is 12.2. The first-order chi connectivity index (χ1) is 7.94. The molecule has 0 atom stereocenters. The predicted molar refractivity (Wildman–Crippen MR) is 56.4 cm³/mol. The zero-order valence-electron chi connectivity index (χ0n) is 9.59. The summed E-state index contributed by atoms with van der Waals surface area (Å²) in [5.74, 6) is -0.0701. The Hall–Kier alpha value is -0.780. The van der Waals surface area contributed by atoms with Gasteiger partial charge in [0.2, 0.25) is 5.91 Å². The van der Waals surface area contributed by atoms with Crippen LogP contribution in [0.15, 0.2) is 0 Å². The van der Waals surface area contributed by atoms with Crippen LogP contribution in [0.2, 0.25) is 0 Å². The van der Waals surface area contributed by atoms with Gasteiger partial charge in [-0.1, -0.05) is 0 Å². The number of carbonyl (C=O) groups is 1. The van der Waals surface area contributed by atoms with Gasteiger partial charge in [-0.05, 0) is 38.8 Å². The molecule has 0 radical (unpaired) electrons. The Morgan fingerprint density at radius 3 is 2.24 bits per heavy atom. The number of nitrogens with one attached hydrogen (secondary N) is 1. The third kappa shape index (κ3) is 4.18. The number of carbonyl (C=O) groups excluding carboxylic acids is 1. The molecule has 3 nitrogen and oxygen atoms in total. The SMILES string of the molecule is O=C(NC1CC1)C1CCN(CC(F)(F)F)CC1. The number of nitrogens with zero attached hydrogens (tertiary/aromatic N) is 1. The summed E-state index contributed by atoms with van der Waals surface area (Å²) in [6.07, 6.45) is -0.982. The van der Waals surface area contributed by atoms with Crippen LogP contribution < -0.4 is 5.32 Å². The van der Waals surface area contributed by atoms with Crippen LogP contribution in [-0.2, 0) is 4.79 Å². The molecule has 0 bridgehead atoms. The Kier molecular flexibility index (Phi) is 3.61. The fraction of sp³-hybridized carbons (Fsp3) is 0.909. The number of hydrogen-bond donors (Lipinski definition) is 1. The summed E-state index contributed by atoms with van der Waals surface area (Å²) in [5, 5.41) is 2.91. The van der Waals surface area contributed by atoms with Gasteiger partial charge in [-0.2, -0.15) is 13.2 Å². The van der Waals surface area contributed by atoms with Crippen LogP contribution in [0.5, 0.6) is 0 Å². The summed E-state index contributed by atoms with van der Waals surface area (Å²) in [4.78, 5) is 13.1. The van der Waals surface area contributed by atoms with Gasteiger partial charge in [0, 0.05) is 12.0 Å². The maximum absolute atomic E-state index is 12.2. The summed E-state index contributed by atoms with van der Waals surface area (Å²) in [7, 11) is 0. The molecule has 0 spiro atoms. The fourth-order valence-electron chi connectivity index (χ4n) is 2.15. The van der Waals surface area contributed by atoms with Crippen molar-refractivity contribution in [2.45, 2.75) is 37.9 Å². The minimum atomic E-state index is -4.14. The molecule has 2 aliphatic rings. The van der Waals surface area contributed by atoms with Gasteiger partial charge in [-0.3, -0.25) is 9.69 Å². The molecule has 17 heavy (non-hydrogen) atoms. The second-order valence-corrected chi connectivity index (χ2v) is 4.95. The van der Waals surface area contributed by atoms with E-state index in [0.717, 1.165) is 12.8 Å². The number of piperidine rings is 1. The molecule has 1 N–H and O–H groups in total. The average molecular weight is 250 g/mol. The van der Waals surface area contributed by atoms with Gasteiger partial charge >= 0.3 is 6.18 Å². The van der Waals surface area contributed by atoms with Gasteiger partial charge in [-0.15, -0.1) is 0 Å². The summed E-state index contributed by atoms with van der Waals surface area (Å²) >= 11 is 0. The number of rotatable bonds is 3. The van der Waals surface area contributed by atoms with Crippen LogP contribution in [-0.4, -0.2) is 42.7 Å². The normalized spacial score (nSPS) is 23.7. The molecule has 1 amide bonds. The minimum Gasteiger partial charge on any atom is -0.353 e. The largest absolute Gasteiger partial charge is 0.401 e. The van der Waals surface area contributed by atoms with Crippen molar-refractivity contribution in [2.75, 3.05) is 19.6 Å². The smallest absolute Gasteiger partial charge is 0.353 e. The van der Waals surface area contributed by atoms with Crippen LogP contribution >= 0.6 is 0 Å². The van der Waals surface area contributed by atoms with Gasteiger partial charge in [0.15, 0.2) is 0 Å². The number of halogens is 3. The number of likely N-dealkylation sites (tertiary alicyclic amines) is 1. The van der Waals surface area contributed by atoms with Crippen LogP contribution in [0.3, 0.4) is 0 Å². The van der Waals surface area contributed by atoms with Gasteiger partial charge in [0.25, 0.3) is 0 Å². The summed E-state index contributed by atoms with van der Waals surface area (Å²) in [6, 6.07) is 0.329. The first-order valence-electron chi connectivity index (χ1n) is 6.03. The van der Waals surface area contributed by atoms with Gasteiger partial charge in [0.1, 0.15) is 0 Å². The zero-order chi connectivity index (χ0) is 12.5. The molecular formula is C11H17F3N2O. The highest BCUT2D eigenvalue weighted by Crippen LogP contribution is 2.24. The predicted octanol–water partition coefficient (Wildman–Crippen LogP) is 1.54. The van der Waals surface area contributed by atoms with Crippen molar-refractivity contribution in [3.05, 3.63) is 0 Å². The Bertz CT molecular complexity index is 281. The van der Waals surface area contributed by atoms with Crippen LogP contribution in [0.4, 0.5) is 13.2 Å². The summed E-state index contributed by atoms with van der Waals surface area (Å²) < 4.78 is 36.5. The number of hydrogen-bond acceptors (Lipinski definition) is 2. The van der Waals surface area contributed by atoms with Gasteiger partial charge in [-0.25, -0.2) is 0 Å². The lowest BCUT2D eigenvalue weighted by Gasteiger charge is -2.31. The molecule has 1 saturated heterocycles. The molecule has 6 heteroatoms. The van der Waals surface area contributed by atoms with E-state index in [1.54, 1.807) is 0 Å². The Morgan fingerprint density at radius 2 is 1.76 bits per heavy atom. The third-order valence-corrected chi connectivity index (χ3v) is 3.28. The molecule has 1 aliphatic heterocycles. The fourth-order valence-corrected chi connectivity index (χ4v) is 2.15. The molecule has 0 unspecified atom stereocenters. The first-order valence-corrected chi connectivity index (χ1v) is 6.03. The van der Waals surface area contributed by atoms with Crippen molar-refractivity contribution in [2.24, 2.45) is 5.92 Å². The second kappa shape index (κ2) is 4.84. The van der Waals surface area contributed by atoms with Crippen molar-refractivity contribution in [3.8, 4) is 0 Å². The molecule has 1 aliphatic carbocycles. The highest BCUT2D eigenvalue weighted by Gasteiger charge is 2.34. The molecule has 98 valence electrons. The topological polar surface area (TPSA) is 32.3 Å². The minimum absolute atomic E-state index is 0.0270. The zero-order valence-corrected chi connectivity index (χ0v) is 9.59. The Balaban J connectivity index is 1.71. The van der Waals surface area contributed by atoms with E-state index in [1.165, 1.54) is 4.90 Å². The van der Waals surface area contributed by atoms with Crippen LogP contribution in [0, 0.1) is 5.92 Å². The second-order valence-electron chi connectivity index (χ2n) is 4.95. The highest BCUT2D eigenvalue weighted by atomic mass is 19.4. The van der Waals surface area contributed by atoms with Crippen LogP contribution in [0.25, 0.3) is 0 Å². The van der Waals surface area contributed by atoms with Crippen molar-refractivity contribution in [1.82, 2.24) is 10.2 Å². The standard InChI is InChI=1S/C11H17F3N2O/c12-11(13,14)7-16-5-3-8(4-6-16)10(17)15-9-1-2-9/h8-9H,1-7H2,(H,15,17). The molecule has 2 fully saturated rings. The van der Waals surface area contributed by atoms with Crippen molar-refractivity contribution in [1.29, 1.82) is 0 Å². The number of amides is 1. The molecule has 0 aromatic heterocycles. The lowest BCUT2D eigenvalue weighted by atomic mass is 9.96. The average Bonchev–Trinajstić information content (AvgIpc) is 3.00. The lowest BCUT2D eigenvalue weighted by Crippen LogP contribution is -2.44.